The molecule has 1 rings (SSSR count). The lowest BCUT2D eigenvalue weighted by atomic mass is 9.75. The molecule has 0 heterocycles. The van der Waals surface area contributed by atoms with Gasteiger partial charge >= 0.3 is 11.9 Å². The Balaban J connectivity index is 2.63. The highest BCUT2D eigenvalue weighted by molar-refractivity contribution is 6.32. The molecule has 0 aromatic rings. The van der Waals surface area contributed by atoms with Gasteiger partial charge in [-0.15, -0.1) is 0 Å². The molecule has 1 aliphatic rings. The van der Waals surface area contributed by atoms with Gasteiger partial charge in [-0.25, -0.2) is 4.79 Å². The Hall–Kier alpha value is -1.06. The maximum Gasteiger partial charge on any atom is 0.397 e. The molecule has 4 heteroatoms. The molecular weight excluding hydrogens is 218 g/mol. The van der Waals surface area contributed by atoms with Crippen molar-refractivity contribution in [1.29, 1.82) is 0 Å². The summed E-state index contributed by atoms with van der Waals surface area (Å²) in [4.78, 5) is 22.6. The normalized spacial score (nSPS) is 28.9. The van der Waals surface area contributed by atoms with E-state index < -0.39 is 11.9 Å². The summed E-state index contributed by atoms with van der Waals surface area (Å²) in [6, 6.07) is 0. The van der Waals surface area contributed by atoms with Crippen molar-refractivity contribution in [2.45, 2.75) is 46.1 Å². The van der Waals surface area contributed by atoms with Crippen LogP contribution in [0.15, 0.2) is 0 Å². The summed E-state index contributed by atoms with van der Waals surface area (Å²) in [5.41, 5.74) is 0. The van der Waals surface area contributed by atoms with Crippen LogP contribution in [-0.2, 0) is 14.3 Å². The lowest BCUT2D eigenvalue weighted by Gasteiger charge is -2.36. The Morgan fingerprint density at radius 3 is 2.47 bits per heavy atom. The Labute approximate surface area is 103 Å². The van der Waals surface area contributed by atoms with Gasteiger partial charge in [0.15, 0.2) is 0 Å². The van der Waals surface area contributed by atoms with Gasteiger partial charge in [-0.05, 0) is 30.6 Å². The fourth-order valence-corrected chi connectivity index (χ4v) is 2.54. The lowest BCUT2D eigenvalue weighted by Crippen LogP contribution is -2.39. The zero-order valence-electron chi connectivity index (χ0n) is 11.2. The minimum Gasteiger partial charge on any atom is -0.455 e. The van der Waals surface area contributed by atoms with Crippen LogP contribution in [0.2, 0.25) is 0 Å². The molecule has 0 saturated heterocycles. The minimum absolute atomic E-state index is 0.108. The van der Waals surface area contributed by atoms with Crippen molar-refractivity contribution >= 4 is 11.9 Å². The first-order valence-corrected chi connectivity index (χ1v) is 6.38. The molecule has 0 aliphatic heterocycles. The van der Waals surface area contributed by atoms with Crippen molar-refractivity contribution in [3.8, 4) is 0 Å². The van der Waals surface area contributed by atoms with Crippen LogP contribution in [0.5, 0.6) is 0 Å². The van der Waals surface area contributed by atoms with Crippen molar-refractivity contribution in [2.24, 2.45) is 17.8 Å². The molecule has 1 fully saturated rings. The first kappa shape index (κ1) is 14.0. The van der Waals surface area contributed by atoms with Gasteiger partial charge < -0.3 is 10.1 Å². The van der Waals surface area contributed by atoms with Crippen LogP contribution in [0.3, 0.4) is 0 Å². The van der Waals surface area contributed by atoms with E-state index in [4.69, 9.17) is 4.74 Å². The van der Waals surface area contributed by atoms with Crippen molar-refractivity contribution in [3.63, 3.8) is 0 Å². The average Bonchev–Trinajstić information content (AvgIpc) is 2.27. The molecule has 0 bridgehead atoms. The topological polar surface area (TPSA) is 55.4 Å². The summed E-state index contributed by atoms with van der Waals surface area (Å²) in [5, 5.41) is 2.30. The second-order valence-corrected chi connectivity index (χ2v) is 5.35. The van der Waals surface area contributed by atoms with Crippen LogP contribution in [0.4, 0.5) is 0 Å². The van der Waals surface area contributed by atoms with Gasteiger partial charge in [-0.1, -0.05) is 27.2 Å². The van der Waals surface area contributed by atoms with Crippen LogP contribution in [0.1, 0.15) is 40.0 Å². The standard InChI is InChI=1S/C13H23NO3/c1-8(2)10-6-5-9(3)7-11(10)17-13(16)12(15)14-4/h8-11H,5-7H2,1-4H3,(H,14,15)/t9-,10+,11-/m0/s1. The van der Waals surface area contributed by atoms with E-state index in [2.05, 4.69) is 26.1 Å². The molecular formula is C13H23NO3. The largest absolute Gasteiger partial charge is 0.455 e. The molecule has 0 aromatic heterocycles. The van der Waals surface area contributed by atoms with Crippen LogP contribution < -0.4 is 5.32 Å². The number of hydrogen-bond donors (Lipinski definition) is 1. The first-order chi connectivity index (χ1) is 7.95. The average molecular weight is 241 g/mol. The summed E-state index contributed by atoms with van der Waals surface area (Å²) in [6.07, 6.45) is 3.01. The minimum atomic E-state index is -0.753. The number of amides is 1. The van der Waals surface area contributed by atoms with Crippen LogP contribution >= 0.6 is 0 Å². The van der Waals surface area contributed by atoms with Crippen molar-refractivity contribution in [2.75, 3.05) is 7.05 Å². The fraction of sp³-hybridized carbons (Fsp3) is 0.846. The lowest BCUT2D eigenvalue weighted by molar-refractivity contribution is -0.163. The van der Waals surface area contributed by atoms with E-state index in [1.165, 1.54) is 13.5 Å². The van der Waals surface area contributed by atoms with E-state index in [-0.39, 0.29) is 6.10 Å². The van der Waals surface area contributed by atoms with E-state index in [9.17, 15) is 9.59 Å². The second kappa shape index (κ2) is 6.03. The Bertz CT molecular complexity index is 288. The highest BCUT2D eigenvalue weighted by Gasteiger charge is 2.34. The first-order valence-electron chi connectivity index (χ1n) is 6.38. The Morgan fingerprint density at radius 2 is 1.94 bits per heavy atom. The van der Waals surface area contributed by atoms with Crippen molar-refractivity contribution in [3.05, 3.63) is 0 Å². The highest BCUT2D eigenvalue weighted by Crippen LogP contribution is 2.35. The van der Waals surface area contributed by atoms with Crippen LogP contribution in [0.25, 0.3) is 0 Å². The smallest absolute Gasteiger partial charge is 0.397 e. The summed E-state index contributed by atoms with van der Waals surface area (Å²) < 4.78 is 5.34. The predicted molar refractivity (Wildman–Crippen MR) is 65.3 cm³/mol. The molecule has 17 heavy (non-hydrogen) atoms. The molecule has 0 spiro atoms. The van der Waals surface area contributed by atoms with Gasteiger partial charge in [0, 0.05) is 7.05 Å². The highest BCUT2D eigenvalue weighted by atomic mass is 16.5. The van der Waals surface area contributed by atoms with Crippen LogP contribution in [0, 0.1) is 17.8 Å². The van der Waals surface area contributed by atoms with Gasteiger partial charge in [-0.2, -0.15) is 0 Å². The van der Waals surface area contributed by atoms with E-state index in [1.807, 2.05) is 0 Å². The predicted octanol–water partition coefficient (Wildman–Crippen LogP) is 1.74. The van der Waals surface area contributed by atoms with E-state index in [0.29, 0.717) is 17.8 Å². The molecule has 3 atom stereocenters. The number of esters is 1. The van der Waals surface area contributed by atoms with E-state index in [0.717, 1.165) is 12.8 Å². The van der Waals surface area contributed by atoms with Gasteiger partial charge in [0.1, 0.15) is 6.10 Å². The van der Waals surface area contributed by atoms with Crippen molar-refractivity contribution < 1.29 is 14.3 Å². The number of carbonyl (C=O) groups is 2. The maximum absolute atomic E-state index is 11.5. The number of ether oxygens (including phenoxy) is 1. The second-order valence-electron chi connectivity index (χ2n) is 5.35. The maximum atomic E-state index is 11.5. The Kier molecular flexibility index (Phi) is 4.97. The zero-order chi connectivity index (χ0) is 13.0. The molecule has 0 radical (unpaired) electrons. The molecule has 4 nitrogen and oxygen atoms in total. The van der Waals surface area contributed by atoms with Crippen molar-refractivity contribution in [1.82, 2.24) is 5.32 Å². The summed E-state index contributed by atoms with van der Waals surface area (Å²) in [6.45, 7) is 6.44. The molecule has 1 saturated carbocycles. The summed E-state index contributed by atoms with van der Waals surface area (Å²) >= 11 is 0. The third kappa shape index (κ3) is 3.72. The number of hydrogen-bond acceptors (Lipinski definition) is 3. The summed E-state index contributed by atoms with van der Waals surface area (Å²) in [5.74, 6) is 0.000245. The fourth-order valence-electron chi connectivity index (χ4n) is 2.54. The van der Waals surface area contributed by atoms with Gasteiger partial charge in [0.2, 0.25) is 0 Å². The molecule has 1 N–H and O–H groups in total. The zero-order valence-corrected chi connectivity index (χ0v) is 11.2. The van der Waals surface area contributed by atoms with Gasteiger partial charge in [0.25, 0.3) is 0 Å². The SMILES string of the molecule is CNC(=O)C(=O)O[C@H]1C[C@@H](C)CC[C@@H]1C(C)C. The molecule has 1 aliphatic carbocycles. The number of likely N-dealkylation sites (N-methyl/N-ethyl adjacent to an activating group) is 1. The number of nitrogens with one attached hydrogen (secondary N) is 1. The summed E-state index contributed by atoms with van der Waals surface area (Å²) in [7, 11) is 1.44. The van der Waals surface area contributed by atoms with Crippen LogP contribution in [-0.4, -0.2) is 25.0 Å². The molecule has 1 amide bonds. The van der Waals surface area contributed by atoms with E-state index >= 15 is 0 Å². The van der Waals surface area contributed by atoms with Gasteiger partial charge in [-0.3, -0.25) is 4.79 Å². The van der Waals surface area contributed by atoms with Gasteiger partial charge in [0.05, 0.1) is 0 Å². The number of rotatable bonds is 2. The molecule has 98 valence electrons. The molecule has 0 unspecified atom stereocenters. The third-order valence-electron chi connectivity index (χ3n) is 3.63. The van der Waals surface area contributed by atoms with E-state index in [1.54, 1.807) is 0 Å². The number of carbonyl (C=O) groups excluding carboxylic acids is 2. The third-order valence-corrected chi connectivity index (χ3v) is 3.63. The monoisotopic (exact) mass is 241 g/mol. The quantitative estimate of drug-likeness (QED) is 0.592. The Morgan fingerprint density at radius 1 is 1.29 bits per heavy atom. The molecule has 0 aromatic carbocycles.